The van der Waals surface area contributed by atoms with E-state index < -0.39 is 32.4 Å². The van der Waals surface area contributed by atoms with Crippen molar-refractivity contribution in [2.45, 2.75) is 11.0 Å². The Balaban J connectivity index is -0.0000000800. The zero-order valence-corrected chi connectivity index (χ0v) is 12.2. The second-order valence-corrected chi connectivity index (χ2v) is 3.23. The summed E-state index contributed by atoms with van der Waals surface area (Å²) in [6.45, 7) is 0. The summed E-state index contributed by atoms with van der Waals surface area (Å²) in [5.41, 5.74) is -10.2. The van der Waals surface area contributed by atoms with Gasteiger partial charge in [0.1, 0.15) is 0 Å². The zero-order chi connectivity index (χ0) is 12.2. The molecule has 16 heavy (non-hydrogen) atoms. The van der Waals surface area contributed by atoms with E-state index in [9.17, 15) is 26.3 Å². The van der Waals surface area contributed by atoms with Gasteiger partial charge in [-0.05, 0) is 0 Å². The molecule has 14 heteroatoms. The van der Waals surface area contributed by atoms with Crippen molar-refractivity contribution < 1.29 is 62.7 Å². The van der Waals surface area contributed by atoms with Gasteiger partial charge in [0.15, 0.2) is 0 Å². The van der Waals surface area contributed by atoms with E-state index in [1.165, 1.54) is 0 Å². The molecule has 0 aromatic rings. The summed E-state index contributed by atoms with van der Waals surface area (Å²) in [7, 11) is -7.87. The van der Waals surface area contributed by atoms with E-state index in [1.807, 2.05) is 0 Å². The average molecular weight is 364 g/mol. The predicted molar refractivity (Wildman–Crippen MR) is 37.0 cm³/mol. The van der Waals surface area contributed by atoms with Crippen LogP contribution in [0.1, 0.15) is 0 Å². The van der Waals surface area contributed by atoms with E-state index in [-0.39, 0.29) is 33.0 Å². The molecule has 0 amide bonds. The summed E-state index contributed by atoms with van der Waals surface area (Å²) in [4.78, 5) is 0. The van der Waals surface area contributed by atoms with Gasteiger partial charge in [0.05, 0.1) is 0 Å². The Kier molecular flexibility index (Phi) is 15.0. The predicted octanol–water partition coefficient (Wildman–Crippen LogP) is 1.63. The fourth-order valence-corrected chi connectivity index (χ4v) is 0. The maximum absolute atomic E-state index is 10.6. The number of hydrogen-bond donors (Lipinski definition) is 0. The van der Waals surface area contributed by atoms with E-state index in [4.69, 9.17) is 16.8 Å². The number of rotatable bonds is 0. The summed E-state index contributed by atoms with van der Waals surface area (Å²) < 4.78 is 99.0. The fraction of sp³-hybridized carbons (Fsp3) is 1.00. The Morgan fingerprint density at radius 1 is 0.625 bits per heavy atom. The molecule has 96 valence electrons. The first-order chi connectivity index (χ1) is 5.89. The minimum Gasteiger partial charge on any atom is -2.00 e. The normalized spacial score (nSPS) is 11.0. The molecule has 0 aromatic carbocycles. The van der Waals surface area contributed by atoms with Crippen LogP contribution in [-0.2, 0) is 71.2 Å². The van der Waals surface area contributed by atoms with Crippen molar-refractivity contribution in [3.63, 3.8) is 0 Å². The van der Waals surface area contributed by atoms with E-state index in [0.29, 0.717) is 0 Å². The maximum atomic E-state index is 10.6. The van der Waals surface area contributed by atoms with Crippen molar-refractivity contribution >= 4 is 34.9 Å². The first kappa shape index (κ1) is 25.3. The minimum atomic E-state index is -5.08. The first-order valence-electron chi connectivity index (χ1n) is 2.21. The molecule has 0 atom stereocenters. The summed E-state index contributed by atoms with van der Waals surface area (Å²) in [6.07, 6.45) is 0. The maximum Gasteiger partial charge on any atom is 2.00 e. The average Bonchev–Trinajstić information content (AvgIpc) is 1.83. The molecule has 0 heterocycles. The second-order valence-electron chi connectivity index (χ2n) is 1.36. The molecule has 0 aliphatic carbocycles. The van der Waals surface area contributed by atoms with Gasteiger partial charge in [0.25, 0.3) is 0 Å². The van der Waals surface area contributed by atoms with Crippen molar-refractivity contribution in [2.75, 3.05) is 0 Å². The molecule has 0 fully saturated rings. The summed E-state index contributed by atoms with van der Waals surface area (Å²) in [5.74, 6) is 0. The molecule has 0 aromatic heterocycles. The topological polar surface area (TPSA) is 68.3 Å². The van der Waals surface area contributed by atoms with Crippen LogP contribution >= 0.6 is 0 Å². The Hall–Kier alpha value is 0.453. The van der Waals surface area contributed by atoms with Crippen LogP contribution in [-0.4, -0.2) is 11.0 Å². The van der Waals surface area contributed by atoms with Crippen molar-refractivity contribution in [3.8, 4) is 0 Å². The quantitative estimate of drug-likeness (QED) is 0.373. The third-order valence-corrected chi connectivity index (χ3v) is 1.13. The summed E-state index contributed by atoms with van der Waals surface area (Å²) in [5, 5.41) is 0. The van der Waals surface area contributed by atoms with Gasteiger partial charge < -0.3 is 30.3 Å². The molecular weight excluding hydrogens is 364 g/mol. The van der Waals surface area contributed by atoms with Crippen molar-refractivity contribution in [1.82, 2.24) is 0 Å². The van der Waals surface area contributed by atoms with Gasteiger partial charge >= 0.3 is 30.5 Å². The molecule has 0 unspecified atom stereocenters. The molecule has 0 spiro atoms. The molecule has 0 aliphatic heterocycles. The van der Waals surface area contributed by atoms with Gasteiger partial charge in [-0.3, -0.25) is 0 Å². The zero-order valence-electron chi connectivity index (χ0n) is 6.83. The number of hydrogen-bond acceptors (Lipinski definition) is 6. The summed E-state index contributed by atoms with van der Waals surface area (Å²) in [6, 6.07) is 0. The van der Waals surface area contributed by atoms with Crippen molar-refractivity contribution in [3.05, 3.63) is 0 Å². The van der Waals surface area contributed by atoms with Crippen LogP contribution in [0.3, 0.4) is 0 Å². The number of halogens is 6. The van der Waals surface area contributed by atoms with Crippen molar-refractivity contribution in [1.29, 1.82) is 0 Å². The third kappa shape index (κ3) is 16.9. The van der Waals surface area contributed by atoms with Gasteiger partial charge in [-0.25, -0.2) is 0 Å². The second kappa shape index (κ2) is 9.48. The van der Waals surface area contributed by atoms with E-state index >= 15 is 0 Å². The van der Waals surface area contributed by atoms with Gasteiger partial charge in [0.2, 0.25) is 0 Å². The van der Waals surface area contributed by atoms with Gasteiger partial charge in [-0.1, -0.05) is 0 Å². The third-order valence-electron chi connectivity index (χ3n) is 0.378. The van der Waals surface area contributed by atoms with Gasteiger partial charge in [0, 0.05) is 21.4 Å². The molecule has 4 nitrogen and oxygen atoms in total. The van der Waals surface area contributed by atoms with Crippen LogP contribution in [0.5, 0.6) is 0 Å². The van der Waals surface area contributed by atoms with Crippen LogP contribution in [0.15, 0.2) is 0 Å². The molecule has 0 radical (unpaired) electrons. The van der Waals surface area contributed by atoms with Crippen LogP contribution in [0.25, 0.3) is 0 Å². The first-order valence-corrected chi connectivity index (χ1v) is 4.36. The van der Waals surface area contributed by atoms with Crippen LogP contribution in [0.4, 0.5) is 26.3 Å². The Morgan fingerprint density at radius 3 is 0.688 bits per heavy atom. The molecular formula is C2F6O4S3Zn-2. The Morgan fingerprint density at radius 2 is 0.688 bits per heavy atom. The van der Waals surface area contributed by atoms with Crippen molar-refractivity contribution in [2.24, 2.45) is 0 Å². The molecule has 0 N–H and O–H groups in total. The molecule has 0 saturated heterocycles. The molecule has 0 bridgehead atoms. The van der Waals surface area contributed by atoms with Gasteiger partial charge in [-0.2, -0.15) is 26.3 Å². The van der Waals surface area contributed by atoms with Crippen LogP contribution < -0.4 is 0 Å². The minimum absolute atomic E-state index is 0. The number of alkyl halides is 6. The summed E-state index contributed by atoms with van der Waals surface area (Å²) >= 11 is 0. The molecule has 0 saturated carbocycles. The monoisotopic (exact) mass is 362 g/mol. The van der Waals surface area contributed by atoms with E-state index in [2.05, 4.69) is 0 Å². The van der Waals surface area contributed by atoms with Gasteiger partial charge in [-0.15, -0.1) is 0 Å². The van der Waals surface area contributed by atoms with E-state index in [1.54, 1.807) is 0 Å². The van der Waals surface area contributed by atoms with Crippen LogP contribution in [0, 0.1) is 0 Å². The smallest absolute Gasteiger partial charge is 2.00 e. The standard InChI is InChI=1S/2CF3O2S.S.Zn/c2*2-1(3,4)7(5)6;;/q2*-1;-2;+2. The SMILES string of the molecule is O=[S-](=O)C(F)(F)F.O=[S-](=O)C(F)(F)F.[S-2].[Zn+2]. The van der Waals surface area contributed by atoms with E-state index in [0.717, 1.165) is 0 Å². The van der Waals surface area contributed by atoms with Crippen LogP contribution in [0.2, 0.25) is 0 Å². The fourth-order valence-electron chi connectivity index (χ4n) is 0. The Bertz CT molecular complexity index is 267. The molecule has 0 aliphatic rings. The molecule has 0 rings (SSSR count). The Labute approximate surface area is 108 Å². The largest absolute Gasteiger partial charge is 2.00 e.